The Morgan fingerprint density at radius 1 is 0.909 bits per heavy atom. The minimum Gasteiger partial charge on any atom is -0.497 e. The summed E-state index contributed by atoms with van der Waals surface area (Å²) < 4.78 is 11.2. The molecule has 3 aliphatic rings. The quantitative estimate of drug-likeness (QED) is 0.196. The van der Waals surface area contributed by atoms with Gasteiger partial charge in [0.1, 0.15) is 29.6 Å². The number of carbonyl (C=O) groups excluding carboxylic acids is 3. The summed E-state index contributed by atoms with van der Waals surface area (Å²) >= 11 is 0. The third kappa shape index (κ3) is 4.00. The Balaban J connectivity index is 1.50. The molecular weight excluding hydrogens is 552 g/mol. The Morgan fingerprint density at radius 3 is 2.41 bits per heavy atom. The van der Waals surface area contributed by atoms with Gasteiger partial charge in [-0.15, -0.1) is 0 Å². The van der Waals surface area contributed by atoms with Crippen molar-refractivity contribution in [2.45, 2.75) is 17.5 Å². The van der Waals surface area contributed by atoms with Crippen LogP contribution in [0.3, 0.4) is 0 Å². The van der Waals surface area contributed by atoms with Crippen LogP contribution in [-0.2, 0) is 10.2 Å². The summed E-state index contributed by atoms with van der Waals surface area (Å²) in [7, 11) is 1.54. The molecule has 7 heteroatoms. The zero-order valence-electron chi connectivity index (χ0n) is 24.1. The van der Waals surface area contributed by atoms with E-state index >= 15 is 4.79 Å². The molecule has 0 aliphatic carbocycles. The SMILES string of the molecule is C=CCOc1cccc(C(=O)[C@@H]2[C@H](C(=O)c3cccc(OC)c3)N3C=Cc4ccccc4[C@H]3[C@@]23C(=O)Nc2ccccc23)c1. The number of para-hydroxylation sites is 1. The molecule has 1 fully saturated rings. The molecule has 0 aromatic heterocycles. The summed E-state index contributed by atoms with van der Waals surface area (Å²) in [6.07, 6.45) is 5.44. The van der Waals surface area contributed by atoms with Crippen molar-refractivity contribution in [3.63, 3.8) is 0 Å². The average molecular weight is 583 g/mol. The number of fused-ring (bicyclic) bond motifs is 6. The first kappa shape index (κ1) is 27.4. The Hall–Kier alpha value is -5.43. The van der Waals surface area contributed by atoms with E-state index in [0.717, 1.165) is 11.1 Å². The van der Waals surface area contributed by atoms with Crippen LogP contribution in [0.5, 0.6) is 11.5 Å². The topological polar surface area (TPSA) is 84.9 Å². The lowest BCUT2D eigenvalue weighted by molar-refractivity contribution is -0.122. The van der Waals surface area contributed by atoms with E-state index in [1.54, 1.807) is 61.7 Å². The van der Waals surface area contributed by atoms with Crippen LogP contribution in [0.25, 0.3) is 6.08 Å². The number of ketones is 2. The molecule has 4 atom stereocenters. The first-order chi connectivity index (χ1) is 21.5. The normalized spacial score (nSPS) is 22.5. The Bertz CT molecular complexity index is 1860. The molecule has 1 saturated heterocycles. The number of methoxy groups -OCH3 is 1. The third-order valence-electron chi connectivity index (χ3n) is 8.96. The molecule has 44 heavy (non-hydrogen) atoms. The average Bonchev–Trinajstić information content (AvgIpc) is 3.55. The number of amides is 1. The van der Waals surface area contributed by atoms with Crippen LogP contribution in [0.1, 0.15) is 43.4 Å². The van der Waals surface area contributed by atoms with Crippen molar-refractivity contribution >= 4 is 29.2 Å². The molecule has 218 valence electrons. The van der Waals surface area contributed by atoms with E-state index in [4.69, 9.17) is 9.47 Å². The number of rotatable bonds is 8. The molecule has 1 amide bonds. The lowest BCUT2D eigenvalue weighted by Gasteiger charge is -2.38. The summed E-state index contributed by atoms with van der Waals surface area (Å²) in [5, 5.41) is 3.08. The monoisotopic (exact) mass is 582 g/mol. The van der Waals surface area contributed by atoms with Gasteiger partial charge in [0.15, 0.2) is 11.6 Å². The molecule has 1 spiro atoms. The molecule has 7 nitrogen and oxygen atoms in total. The summed E-state index contributed by atoms with van der Waals surface area (Å²) in [5.74, 6) is -0.958. The third-order valence-corrected chi connectivity index (χ3v) is 8.96. The molecular formula is C37H30N2O5. The lowest BCUT2D eigenvalue weighted by Crippen LogP contribution is -2.49. The van der Waals surface area contributed by atoms with Crippen LogP contribution in [0.4, 0.5) is 5.69 Å². The van der Waals surface area contributed by atoms with Gasteiger partial charge in [-0.25, -0.2) is 0 Å². The summed E-state index contributed by atoms with van der Waals surface area (Å²) in [6.45, 7) is 3.98. The predicted molar refractivity (Wildman–Crippen MR) is 168 cm³/mol. The van der Waals surface area contributed by atoms with Gasteiger partial charge in [-0.2, -0.15) is 0 Å². The second-order valence-electron chi connectivity index (χ2n) is 11.2. The molecule has 0 saturated carbocycles. The van der Waals surface area contributed by atoms with E-state index in [2.05, 4.69) is 11.9 Å². The second-order valence-corrected chi connectivity index (χ2v) is 11.2. The highest BCUT2D eigenvalue weighted by molar-refractivity contribution is 6.16. The van der Waals surface area contributed by atoms with Gasteiger partial charge in [0.2, 0.25) is 5.91 Å². The maximum absolute atomic E-state index is 15.0. The van der Waals surface area contributed by atoms with Crippen LogP contribution in [0.15, 0.2) is 116 Å². The number of nitrogens with one attached hydrogen (secondary N) is 1. The smallest absolute Gasteiger partial charge is 0.238 e. The standard InChI is InChI=1S/C37H30N2O5/c1-3-20-44-27-14-9-11-24(22-27)33(40)31-32(34(41)25-12-8-13-26(21-25)43-2)39-19-18-23-10-4-5-15-28(23)35(39)37(31)29-16-6-7-17-30(29)38-36(37)42/h3-19,21-22,31-32,35H,1,20H2,2H3,(H,38,42)/t31-,32+,35-,37-/m0/s1. The van der Waals surface area contributed by atoms with Crippen molar-refractivity contribution in [3.8, 4) is 11.5 Å². The Kier molecular flexibility index (Phi) is 6.66. The number of benzene rings is 4. The molecule has 0 radical (unpaired) electrons. The number of ether oxygens (including phenoxy) is 2. The Morgan fingerprint density at radius 2 is 1.61 bits per heavy atom. The first-order valence-corrected chi connectivity index (χ1v) is 14.5. The zero-order chi connectivity index (χ0) is 30.4. The van der Waals surface area contributed by atoms with E-state index in [-0.39, 0.29) is 24.1 Å². The van der Waals surface area contributed by atoms with E-state index in [9.17, 15) is 9.59 Å². The van der Waals surface area contributed by atoms with Crippen molar-refractivity contribution in [2.24, 2.45) is 5.92 Å². The number of hydrogen-bond acceptors (Lipinski definition) is 6. The highest BCUT2D eigenvalue weighted by Gasteiger charge is 2.70. The molecule has 4 aromatic carbocycles. The summed E-state index contributed by atoms with van der Waals surface area (Å²) in [5.41, 5.74) is 2.49. The summed E-state index contributed by atoms with van der Waals surface area (Å²) in [6, 6.07) is 27.5. The number of carbonyl (C=O) groups is 3. The zero-order valence-corrected chi connectivity index (χ0v) is 24.1. The fourth-order valence-corrected chi connectivity index (χ4v) is 7.19. The van der Waals surface area contributed by atoms with E-state index in [1.165, 1.54) is 0 Å². The first-order valence-electron chi connectivity index (χ1n) is 14.5. The van der Waals surface area contributed by atoms with Gasteiger partial charge in [-0.3, -0.25) is 14.4 Å². The van der Waals surface area contributed by atoms with Gasteiger partial charge in [0.25, 0.3) is 0 Å². The van der Waals surface area contributed by atoms with Gasteiger partial charge < -0.3 is 19.7 Å². The van der Waals surface area contributed by atoms with Crippen molar-refractivity contribution in [1.29, 1.82) is 0 Å². The maximum atomic E-state index is 15.0. The van der Waals surface area contributed by atoms with Crippen LogP contribution >= 0.6 is 0 Å². The van der Waals surface area contributed by atoms with Gasteiger partial charge >= 0.3 is 0 Å². The van der Waals surface area contributed by atoms with Gasteiger partial charge in [0, 0.05) is 23.0 Å². The van der Waals surface area contributed by atoms with Crippen LogP contribution in [0, 0.1) is 5.92 Å². The largest absolute Gasteiger partial charge is 0.497 e. The van der Waals surface area contributed by atoms with Crippen molar-refractivity contribution in [2.75, 3.05) is 19.0 Å². The van der Waals surface area contributed by atoms with Crippen molar-refractivity contribution in [3.05, 3.63) is 144 Å². The molecule has 7 rings (SSSR count). The number of Topliss-reactive ketones (excluding diaryl/α,β-unsaturated/α-hetero) is 2. The van der Waals surface area contributed by atoms with Crippen LogP contribution in [0.2, 0.25) is 0 Å². The molecule has 4 aromatic rings. The van der Waals surface area contributed by atoms with E-state index < -0.39 is 23.4 Å². The van der Waals surface area contributed by atoms with Gasteiger partial charge in [0.05, 0.1) is 19.1 Å². The molecule has 3 heterocycles. The number of hydrogen-bond donors (Lipinski definition) is 1. The van der Waals surface area contributed by atoms with Gasteiger partial charge in [-0.05, 0) is 53.1 Å². The van der Waals surface area contributed by atoms with Crippen LogP contribution in [-0.4, -0.2) is 42.1 Å². The fraction of sp³-hybridized carbons (Fsp3) is 0.162. The maximum Gasteiger partial charge on any atom is 0.238 e. The van der Waals surface area contributed by atoms with E-state index in [0.29, 0.717) is 33.9 Å². The van der Waals surface area contributed by atoms with Crippen molar-refractivity contribution in [1.82, 2.24) is 4.90 Å². The molecule has 3 aliphatic heterocycles. The highest BCUT2D eigenvalue weighted by atomic mass is 16.5. The highest BCUT2D eigenvalue weighted by Crippen LogP contribution is 2.62. The fourth-order valence-electron chi connectivity index (χ4n) is 7.19. The molecule has 0 unspecified atom stereocenters. The van der Waals surface area contributed by atoms with Gasteiger partial charge in [-0.1, -0.05) is 79.4 Å². The number of anilines is 1. The molecule has 0 bridgehead atoms. The minimum absolute atomic E-state index is 0.273. The lowest BCUT2D eigenvalue weighted by atomic mass is 9.62. The minimum atomic E-state index is -1.41. The van der Waals surface area contributed by atoms with Crippen molar-refractivity contribution < 1.29 is 23.9 Å². The van der Waals surface area contributed by atoms with Crippen LogP contribution < -0.4 is 14.8 Å². The molecule has 1 N–H and O–H groups in total. The number of nitrogens with zero attached hydrogens (tertiary/aromatic N) is 1. The predicted octanol–water partition coefficient (Wildman–Crippen LogP) is 6.24. The second kappa shape index (κ2) is 10.7. The van der Waals surface area contributed by atoms with E-state index in [1.807, 2.05) is 65.7 Å². The summed E-state index contributed by atoms with van der Waals surface area (Å²) in [4.78, 5) is 46.3. The Labute approximate surface area is 255 Å².